The van der Waals surface area contributed by atoms with Gasteiger partial charge in [-0.3, -0.25) is 0 Å². The Morgan fingerprint density at radius 2 is 0.895 bits per heavy atom. The van der Waals surface area contributed by atoms with E-state index >= 15 is 0 Å². The Kier molecular flexibility index (Phi) is 16.9. The molecular formula is C30H44O8. The van der Waals surface area contributed by atoms with Crippen LogP contribution in [-0.4, -0.2) is 45.6 Å². The number of phenols is 4. The molecule has 212 valence electrons. The van der Waals surface area contributed by atoms with Gasteiger partial charge in [-0.2, -0.15) is 0 Å². The normalized spacial score (nSPS) is 10.4. The van der Waals surface area contributed by atoms with E-state index in [4.69, 9.17) is 29.9 Å². The highest BCUT2D eigenvalue weighted by atomic mass is 16.5. The first-order valence-electron chi connectivity index (χ1n) is 13.7. The van der Waals surface area contributed by atoms with Crippen molar-refractivity contribution in [2.75, 3.05) is 13.2 Å². The molecule has 8 nitrogen and oxygen atoms in total. The van der Waals surface area contributed by atoms with E-state index in [2.05, 4.69) is 13.8 Å². The highest BCUT2D eigenvalue weighted by Crippen LogP contribution is 2.40. The Labute approximate surface area is 226 Å². The van der Waals surface area contributed by atoms with Gasteiger partial charge in [0.05, 0.1) is 24.3 Å². The molecule has 8 heteroatoms. The van der Waals surface area contributed by atoms with E-state index in [9.17, 15) is 9.59 Å². The van der Waals surface area contributed by atoms with Crippen LogP contribution in [0.4, 0.5) is 0 Å². The number of unbranched alkanes of at least 4 members (excludes halogenated alkanes) is 10. The number of esters is 2. The predicted octanol–water partition coefficient (Wildman–Crippen LogP) is 7.23. The van der Waals surface area contributed by atoms with Gasteiger partial charge in [-0.25, -0.2) is 9.59 Å². The Morgan fingerprint density at radius 1 is 0.553 bits per heavy atom. The van der Waals surface area contributed by atoms with Crippen LogP contribution in [0.2, 0.25) is 0 Å². The monoisotopic (exact) mass is 532 g/mol. The zero-order valence-corrected chi connectivity index (χ0v) is 22.8. The number of aromatic hydroxyl groups is 4. The largest absolute Gasteiger partial charge is 0.504 e. The second kappa shape index (κ2) is 19.7. The molecular weight excluding hydrogens is 488 g/mol. The number of carbonyl (C=O) groups is 2. The van der Waals surface area contributed by atoms with E-state index in [-0.39, 0.29) is 0 Å². The molecule has 0 saturated carbocycles. The molecule has 0 spiro atoms. The molecule has 0 unspecified atom stereocenters. The maximum atomic E-state index is 12.4. The minimum absolute atomic E-state index is 0.293. The van der Waals surface area contributed by atoms with Crippen molar-refractivity contribution >= 4 is 11.9 Å². The molecule has 0 radical (unpaired) electrons. The van der Waals surface area contributed by atoms with Crippen molar-refractivity contribution in [3.8, 4) is 23.0 Å². The fourth-order valence-electron chi connectivity index (χ4n) is 3.65. The van der Waals surface area contributed by atoms with Crippen molar-refractivity contribution in [3.05, 3.63) is 47.5 Å². The van der Waals surface area contributed by atoms with Crippen molar-refractivity contribution in [2.45, 2.75) is 90.9 Å². The Balaban J connectivity index is 0.000000600. The van der Waals surface area contributed by atoms with E-state index in [0.717, 1.165) is 37.8 Å². The third kappa shape index (κ3) is 12.7. The van der Waals surface area contributed by atoms with Crippen molar-refractivity contribution in [1.82, 2.24) is 0 Å². The zero-order chi connectivity index (χ0) is 28.2. The quantitative estimate of drug-likeness (QED) is 0.0770. The summed E-state index contributed by atoms with van der Waals surface area (Å²) in [5.41, 5.74) is 0.586. The van der Waals surface area contributed by atoms with Crippen LogP contribution in [-0.2, 0) is 9.47 Å². The third-order valence-electron chi connectivity index (χ3n) is 5.94. The number of hydrogen-bond donors (Lipinski definition) is 4. The van der Waals surface area contributed by atoms with Crippen LogP contribution in [0.25, 0.3) is 0 Å². The van der Waals surface area contributed by atoms with Gasteiger partial charge in [0.1, 0.15) is 0 Å². The van der Waals surface area contributed by atoms with Crippen LogP contribution in [0.5, 0.6) is 23.0 Å². The Bertz CT molecular complexity index is 881. The second-order valence-electron chi connectivity index (χ2n) is 9.15. The van der Waals surface area contributed by atoms with Crippen molar-refractivity contribution in [2.24, 2.45) is 0 Å². The number of carbonyl (C=O) groups excluding carboxylic acids is 2. The van der Waals surface area contributed by atoms with Gasteiger partial charge in [0, 0.05) is 0 Å². The molecule has 0 aliphatic heterocycles. The molecule has 0 atom stereocenters. The van der Waals surface area contributed by atoms with Crippen LogP contribution >= 0.6 is 0 Å². The van der Waals surface area contributed by atoms with E-state index in [1.807, 2.05) is 0 Å². The lowest BCUT2D eigenvalue weighted by molar-refractivity contribution is 0.0450. The van der Waals surface area contributed by atoms with Crippen LogP contribution in [0.1, 0.15) is 112 Å². The SMILES string of the molecule is CCCCCCCCOC(=O)c1ccccc1C(=O)OCCCCCCCC.Oc1ccc(O)c(O)c1O. The van der Waals surface area contributed by atoms with Gasteiger partial charge in [0.2, 0.25) is 11.5 Å². The Morgan fingerprint density at radius 3 is 1.26 bits per heavy atom. The van der Waals surface area contributed by atoms with Gasteiger partial charge in [0.25, 0.3) is 0 Å². The summed E-state index contributed by atoms with van der Waals surface area (Å²) in [6.45, 7) is 5.17. The summed E-state index contributed by atoms with van der Waals surface area (Å²) >= 11 is 0. The van der Waals surface area contributed by atoms with Gasteiger partial charge in [0.15, 0.2) is 11.5 Å². The molecule has 0 saturated heterocycles. The summed E-state index contributed by atoms with van der Waals surface area (Å²) in [5, 5.41) is 34.9. The van der Waals surface area contributed by atoms with Crippen LogP contribution in [0.3, 0.4) is 0 Å². The number of phenolic OH excluding ortho intramolecular Hbond substituents is 4. The highest BCUT2D eigenvalue weighted by molar-refractivity contribution is 6.03. The lowest BCUT2D eigenvalue weighted by Crippen LogP contribution is -2.15. The molecule has 0 bridgehead atoms. The fraction of sp³-hybridized carbons (Fsp3) is 0.533. The predicted molar refractivity (Wildman–Crippen MR) is 147 cm³/mol. The number of ether oxygens (including phenoxy) is 2. The zero-order valence-electron chi connectivity index (χ0n) is 22.8. The summed E-state index contributed by atoms with van der Waals surface area (Å²) in [6.07, 6.45) is 13.6. The second-order valence-corrected chi connectivity index (χ2v) is 9.15. The number of rotatable bonds is 16. The smallest absolute Gasteiger partial charge is 0.339 e. The van der Waals surface area contributed by atoms with Crippen molar-refractivity contribution < 1.29 is 39.5 Å². The summed E-state index contributed by atoms with van der Waals surface area (Å²) in [4.78, 5) is 24.7. The first-order chi connectivity index (χ1) is 18.3. The van der Waals surface area contributed by atoms with Crippen LogP contribution < -0.4 is 0 Å². The Hall–Kier alpha value is -3.42. The first kappa shape index (κ1) is 32.6. The van der Waals surface area contributed by atoms with Crippen molar-refractivity contribution in [1.29, 1.82) is 0 Å². The van der Waals surface area contributed by atoms with Crippen molar-refractivity contribution in [3.63, 3.8) is 0 Å². The standard InChI is InChI=1S/C24H38O4.C6H6O4/c1-3-5-7-9-11-15-19-27-23(25)21-17-13-14-18-22(21)24(26)28-20-16-12-10-8-6-4-2;7-3-1-2-4(8)6(10)5(3)9/h13-14,17-18H,3-12,15-16,19-20H2,1-2H3;1-2,7-10H. The average Bonchev–Trinajstić information content (AvgIpc) is 2.93. The molecule has 38 heavy (non-hydrogen) atoms. The maximum Gasteiger partial charge on any atom is 0.339 e. The molecule has 0 aliphatic carbocycles. The van der Waals surface area contributed by atoms with Crippen LogP contribution in [0.15, 0.2) is 36.4 Å². The van der Waals surface area contributed by atoms with Gasteiger partial charge >= 0.3 is 11.9 Å². The molecule has 0 amide bonds. The molecule has 2 aromatic rings. The maximum absolute atomic E-state index is 12.4. The molecule has 2 rings (SSSR count). The summed E-state index contributed by atoms with van der Waals surface area (Å²) in [7, 11) is 0. The highest BCUT2D eigenvalue weighted by Gasteiger charge is 2.18. The number of hydrogen-bond acceptors (Lipinski definition) is 8. The van der Waals surface area contributed by atoms with Gasteiger partial charge in [-0.05, 0) is 37.1 Å². The van der Waals surface area contributed by atoms with Gasteiger partial charge in [-0.15, -0.1) is 0 Å². The molecule has 4 N–H and O–H groups in total. The molecule has 2 aromatic carbocycles. The molecule has 0 aromatic heterocycles. The lowest BCUT2D eigenvalue weighted by Gasteiger charge is -2.10. The lowest BCUT2D eigenvalue weighted by atomic mass is 10.1. The fourth-order valence-corrected chi connectivity index (χ4v) is 3.65. The minimum atomic E-state index is -0.708. The first-order valence-corrected chi connectivity index (χ1v) is 13.7. The minimum Gasteiger partial charge on any atom is -0.504 e. The summed E-state index contributed by atoms with van der Waals surface area (Å²) in [5.74, 6) is -3.23. The van der Waals surface area contributed by atoms with Gasteiger partial charge < -0.3 is 29.9 Å². The topological polar surface area (TPSA) is 134 Å². The van der Waals surface area contributed by atoms with E-state index < -0.39 is 34.9 Å². The number of benzene rings is 2. The van der Waals surface area contributed by atoms with Gasteiger partial charge in [-0.1, -0.05) is 90.2 Å². The van der Waals surface area contributed by atoms with E-state index in [1.54, 1.807) is 24.3 Å². The van der Waals surface area contributed by atoms with Crippen LogP contribution in [0, 0.1) is 0 Å². The van der Waals surface area contributed by atoms with E-state index in [1.165, 1.54) is 51.4 Å². The average molecular weight is 533 g/mol. The molecule has 0 aliphatic rings. The molecule has 0 fully saturated rings. The third-order valence-corrected chi connectivity index (χ3v) is 5.94. The summed E-state index contributed by atoms with van der Waals surface area (Å²) < 4.78 is 10.7. The summed E-state index contributed by atoms with van der Waals surface area (Å²) in [6, 6.07) is 8.89. The molecule has 0 heterocycles. The van der Waals surface area contributed by atoms with E-state index in [0.29, 0.717) is 24.3 Å².